The number of hydrogen-bond acceptors (Lipinski definition) is 6. The van der Waals surface area contributed by atoms with E-state index < -0.39 is 11.6 Å². The van der Waals surface area contributed by atoms with E-state index in [1.807, 2.05) is 36.4 Å². The summed E-state index contributed by atoms with van der Waals surface area (Å²) in [5.74, 6) is -1.16. The predicted octanol–water partition coefficient (Wildman–Crippen LogP) is 8.23. The van der Waals surface area contributed by atoms with Gasteiger partial charge < -0.3 is 10.6 Å². The lowest BCUT2D eigenvalue weighted by Gasteiger charge is -2.50. The van der Waals surface area contributed by atoms with E-state index in [2.05, 4.69) is 27.4 Å². The number of rotatable bonds is 18. The van der Waals surface area contributed by atoms with Crippen LogP contribution in [0.1, 0.15) is 101 Å². The molecule has 6 rings (SSSR count). The molecule has 4 aromatic rings. The fourth-order valence-electron chi connectivity index (χ4n) is 8.40. The van der Waals surface area contributed by atoms with E-state index in [-0.39, 0.29) is 29.8 Å². The first-order valence-corrected chi connectivity index (χ1v) is 20.1. The SMILES string of the molecule is CCCCCCCCCC(N1CCNCC1Cc1ccc(F)cc1C(=O)c1ccccc1)N1CCNCC1Cc1ccc(F)cc1C(=O)c1ccccc1. The van der Waals surface area contributed by atoms with Crippen LogP contribution in [-0.4, -0.2) is 78.9 Å². The van der Waals surface area contributed by atoms with Crippen molar-refractivity contribution in [2.75, 3.05) is 39.3 Å². The molecule has 2 aliphatic rings. The van der Waals surface area contributed by atoms with Gasteiger partial charge in [0.1, 0.15) is 11.6 Å². The second kappa shape index (κ2) is 20.0. The van der Waals surface area contributed by atoms with Crippen LogP contribution in [0.2, 0.25) is 0 Å². The zero-order valence-electron chi connectivity index (χ0n) is 31.8. The van der Waals surface area contributed by atoms with Crippen LogP contribution in [0.25, 0.3) is 0 Å². The molecule has 8 heteroatoms. The minimum Gasteiger partial charge on any atom is -0.314 e. The molecule has 0 radical (unpaired) electrons. The molecule has 2 N–H and O–H groups in total. The van der Waals surface area contributed by atoms with Gasteiger partial charge in [-0.1, -0.05) is 125 Å². The summed E-state index contributed by atoms with van der Waals surface area (Å²) in [6, 6.07) is 27.7. The molecule has 2 fully saturated rings. The van der Waals surface area contributed by atoms with E-state index in [1.165, 1.54) is 62.8 Å². The van der Waals surface area contributed by atoms with E-state index in [9.17, 15) is 18.4 Å². The van der Waals surface area contributed by atoms with Crippen molar-refractivity contribution >= 4 is 11.6 Å². The lowest BCUT2D eigenvalue weighted by molar-refractivity contribution is -0.0369. The van der Waals surface area contributed by atoms with E-state index >= 15 is 0 Å². The Morgan fingerprint density at radius 2 is 1.07 bits per heavy atom. The summed E-state index contributed by atoms with van der Waals surface area (Å²) >= 11 is 0. The average molecular weight is 735 g/mol. The molecular weight excluding hydrogens is 679 g/mol. The number of piperazine rings is 2. The monoisotopic (exact) mass is 734 g/mol. The number of carbonyl (C=O) groups is 2. The van der Waals surface area contributed by atoms with Gasteiger partial charge in [0.25, 0.3) is 0 Å². The van der Waals surface area contributed by atoms with Gasteiger partial charge in [-0.25, -0.2) is 8.78 Å². The summed E-state index contributed by atoms with van der Waals surface area (Å²) in [6.45, 7) is 7.17. The number of halogens is 2. The standard InChI is InChI=1S/C46H56F2N4O2/c1-2-3-4-5-6-7-14-19-44(51-26-24-49-32-40(51)28-36-20-22-38(47)30-42(36)45(53)34-15-10-8-11-16-34)52-27-25-50-33-41(52)29-37-21-23-39(48)31-43(37)46(54)35-17-12-9-13-18-35/h8-13,15-18,20-23,30-31,40-41,44,49-50H,2-7,14,19,24-29,32-33H2,1H3. The third-order valence-corrected chi connectivity index (χ3v) is 11.2. The molecule has 0 spiro atoms. The summed E-state index contributed by atoms with van der Waals surface area (Å²) in [6.07, 6.45) is 10.9. The molecular formula is C46H56F2N4O2. The summed E-state index contributed by atoms with van der Waals surface area (Å²) in [4.78, 5) is 32.7. The predicted molar refractivity (Wildman–Crippen MR) is 213 cm³/mol. The van der Waals surface area contributed by atoms with E-state index in [1.54, 1.807) is 36.4 Å². The molecule has 0 saturated carbocycles. The second-order valence-electron chi connectivity index (χ2n) is 15.0. The van der Waals surface area contributed by atoms with Gasteiger partial charge in [0.2, 0.25) is 0 Å². The smallest absolute Gasteiger partial charge is 0.193 e. The van der Waals surface area contributed by atoms with Crippen LogP contribution in [0, 0.1) is 11.6 Å². The number of hydrogen-bond donors (Lipinski definition) is 2. The Morgan fingerprint density at radius 1 is 0.630 bits per heavy atom. The van der Waals surface area contributed by atoms with Crippen LogP contribution < -0.4 is 10.6 Å². The molecule has 2 aliphatic heterocycles. The Balaban J connectivity index is 1.28. The van der Waals surface area contributed by atoms with Gasteiger partial charge in [0, 0.05) is 73.6 Å². The largest absolute Gasteiger partial charge is 0.314 e. The van der Waals surface area contributed by atoms with Gasteiger partial charge in [-0.15, -0.1) is 0 Å². The van der Waals surface area contributed by atoms with Crippen LogP contribution in [-0.2, 0) is 12.8 Å². The van der Waals surface area contributed by atoms with Crippen molar-refractivity contribution in [1.82, 2.24) is 20.4 Å². The third-order valence-electron chi connectivity index (χ3n) is 11.2. The summed E-state index contributed by atoms with van der Waals surface area (Å²) in [5, 5.41) is 7.24. The Labute approximate surface area is 320 Å². The molecule has 2 atom stereocenters. The number of nitrogens with one attached hydrogen (secondary N) is 2. The number of benzene rings is 4. The molecule has 0 aromatic heterocycles. The Hall–Kier alpha value is -4.08. The Bertz CT molecular complexity index is 1680. The molecule has 2 unspecified atom stereocenters. The highest BCUT2D eigenvalue weighted by Crippen LogP contribution is 2.28. The molecule has 54 heavy (non-hydrogen) atoms. The van der Waals surface area contributed by atoms with Crippen LogP contribution >= 0.6 is 0 Å². The van der Waals surface area contributed by atoms with Crippen molar-refractivity contribution < 1.29 is 18.4 Å². The van der Waals surface area contributed by atoms with Crippen LogP contribution in [0.5, 0.6) is 0 Å². The van der Waals surface area contributed by atoms with Gasteiger partial charge in [0.05, 0.1) is 6.17 Å². The second-order valence-corrected chi connectivity index (χ2v) is 15.0. The maximum absolute atomic E-state index is 14.7. The van der Waals surface area contributed by atoms with E-state index in [0.717, 1.165) is 63.2 Å². The first-order chi connectivity index (χ1) is 26.4. The maximum Gasteiger partial charge on any atom is 0.193 e. The van der Waals surface area contributed by atoms with Crippen LogP contribution in [0.3, 0.4) is 0 Å². The van der Waals surface area contributed by atoms with E-state index in [0.29, 0.717) is 35.1 Å². The number of unbranched alkanes of at least 4 members (excludes halogenated alkanes) is 6. The summed E-state index contributed by atoms with van der Waals surface area (Å²) in [5.41, 5.74) is 3.64. The quantitative estimate of drug-likeness (QED) is 0.0794. The van der Waals surface area contributed by atoms with Gasteiger partial charge >= 0.3 is 0 Å². The fraction of sp³-hybridized carbons (Fsp3) is 0.435. The molecule has 286 valence electrons. The average Bonchev–Trinajstić information content (AvgIpc) is 3.21. The Morgan fingerprint density at radius 3 is 1.54 bits per heavy atom. The van der Waals surface area contributed by atoms with Gasteiger partial charge in [-0.05, 0) is 54.7 Å². The number of ketones is 2. The molecule has 2 saturated heterocycles. The van der Waals surface area contributed by atoms with Crippen molar-refractivity contribution in [3.05, 3.63) is 142 Å². The fourth-order valence-corrected chi connectivity index (χ4v) is 8.40. The van der Waals surface area contributed by atoms with Gasteiger partial charge in [-0.2, -0.15) is 0 Å². The normalized spacial score (nSPS) is 18.7. The maximum atomic E-state index is 14.7. The molecule has 0 aliphatic carbocycles. The highest BCUT2D eigenvalue weighted by Gasteiger charge is 2.37. The first-order valence-electron chi connectivity index (χ1n) is 20.1. The minimum absolute atomic E-state index is 0.0812. The zero-order valence-corrected chi connectivity index (χ0v) is 31.8. The van der Waals surface area contributed by atoms with Crippen molar-refractivity contribution in [3.63, 3.8) is 0 Å². The lowest BCUT2D eigenvalue weighted by Crippen LogP contribution is -2.65. The van der Waals surface area contributed by atoms with Gasteiger partial charge in [0.15, 0.2) is 11.6 Å². The first kappa shape index (κ1) is 39.6. The lowest BCUT2D eigenvalue weighted by atomic mass is 9.91. The molecule has 2 heterocycles. The number of nitrogens with zero attached hydrogens (tertiary/aromatic N) is 2. The molecule has 4 aromatic carbocycles. The highest BCUT2D eigenvalue weighted by atomic mass is 19.1. The van der Waals surface area contributed by atoms with Crippen molar-refractivity contribution in [2.45, 2.75) is 89.4 Å². The summed E-state index contributed by atoms with van der Waals surface area (Å²) in [7, 11) is 0. The van der Waals surface area contributed by atoms with Crippen LogP contribution in [0.15, 0.2) is 97.1 Å². The Kier molecular flexibility index (Phi) is 14.7. The molecule has 6 nitrogen and oxygen atoms in total. The van der Waals surface area contributed by atoms with Crippen LogP contribution in [0.4, 0.5) is 8.78 Å². The van der Waals surface area contributed by atoms with Crippen molar-refractivity contribution in [2.24, 2.45) is 0 Å². The molecule has 0 bridgehead atoms. The van der Waals surface area contributed by atoms with Crippen molar-refractivity contribution in [3.8, 4) is 0 Å². The zero-order chi connectivity index (χ0) is 37.7. The highest BCUT2D eigenvalue weighted by molar-refractivity contribution is 6.10. The summed E-state index contributed by atoms with van der Waals surface area (Å²) < 4.78 is 29.4. The third kappa shape index (κ3) is 10.4. The van der Waals surface area contributed by atoms with Gasteiger partial charge in [-0.3, -0.25) is 19.4 Å². The molecule has 0 amide bonds. The minimum atomic E-state index is -0.414. The van der Waals surface area contributed by atoms with Crippen molar-refractivity contribution in [1.29, 1.82) is 0 Å². The van der Waals surface area contributed by atoms with E-state index in [4.69, 9.17) is 0 Å². The number of carbonyl (C=O) groups excluding carboxylic acids is 2. The topological polar surface area (TPSA) is 64.7 Å².